The van der Waals surface area contributed by atoms with Gasteiger partial charge in [-0.2, -0.15) is 0 Å². The van der Waals surface area contributed by atoms with Gasteiger partial charge in [0.2, 0.25) is 10.0 Å². The lowest BCUT2D eigenvalue weighted by Gasteiger charge is -2.13. The Balaban J connectivity index is 1.66. The molecule has 1 aromatic heterocycles. The number of aromatic nitrogens is 3. The first-order chi connectivity index (χ1) is 16.6. The van der Waals surface area contributed by atoms with Gasteiger partial charge in [-0.15, -0.1) is 10.2 Å². The molecule has 0 atom stereocenters. The average molecular weight is 592 g/mol. The maximum atomic E-state index is 13.2. The maximum Gasteiger partial charge on any atom is 0.242 e. The summed E-state index contributed by atoms with van der Waals surface area (Å²) < 4.78 is 43.1. The van der Waals surface area contributed by atoms with Crippen LogP contribution in [-0.2, 0) is 22.3 Å². The summed E-state index contributed by atoms with van der Waals surface area (Å²) >= 11 is 26.0. The Hall–Kier alpha value is -1.85. The summed E-state index contributed by atoms with van der Waals surface area (Å²) in [5.74, 6) is 0.389. The van der Waals surface area contributed by atoms with Crippen LogP contribution in [0.1, 0.15) is 11.4 Å². The number of sulfonamides is 1. The van der Waals surface area contributed by atoms with Crippen molar-refractivity contribution in [2.45, 2.75) is 22.3 Å². The smallest absolute Gasteiger partial charge is 0.242 e. The van der Waals surface area contributed by atoms with Crippen molar-refractivity contribution in [3.05, 3.63) is 98.0 Å². The summed E-state index contributed by atoms with van der Waals surface area (Å²) in [6.45, 7) is -0.224. The van der Waals surface area contributed by atoms with Crippen LogP contribution < -0.4 is 4.72 Å². The maximum absolute atomic E-state index is 13.2. The molecule has 3 aromatic carbocycles. The summed E-state index contributed by atoms with van der Waals surface area (Å²) in [6.07, 6.45) is 0. The highest BCUT2D eigenvalue weighted by atomic mass is 35.5. The molecule has 0 radical (unpaired) electrons. The lowest BCUT2D eigenvalue weighted by Crippen LogP contribution is -2.25. The number of thioether (sulfide) groups is 1. The molecule has 6 nitrogen and oxygen atoms in total. The molecule has 0 aliphatic rings. The zero-order valence-corrected chi connectivity index (χ0v) is 22.2. The Morgan fingerprint density at radius 3 is 2.26 bits per heavy atom. The number of rotatable bonds is 8. The van der Waals surface area contributed by atoms with E-state index in [-0.39, 0.29) is 33.1 Å². The van der Waals surface area contributed by atoms with E-state index in [0.717, 1.165) is 5.56 Å². The molecule has 0 fully saturated rings. The van der Waals surface area contributed by atoms with E-state index in [4.69, 9.17) is 46.4 Å². The molecule has 0 bridgehead atoms. The Labute approximate surface area is 225 Å². The highest BCUT2D eigenvalue weighted by Gasteiger charge is 2.22. The number of hydrogen-bond acceptors (Lipinski definition) is 5. The van der Waals surface area contributed by atoms with Gasteiger partial charge in [0.05, 0.1) is 22.3 Å². The van der Waals surface area contributed by atoms with Crippen LogP contribution in [0.25, 0.3) is 5.69 Å². The van der Waals surface area contributed by atoms with Crippen LogP contribution in [0.5, 0.6) is 0 Å². The first-order valence-electron chi connectivity index (χ1n) is 9.86. The molecule has 0 aliphatic heterocycles. The van der Waals surface area contributed by atoms with Gasteiger partial charge >= 0.3 is 0 Å². The van der Waals surface area contributed by atoms with Crippen LogP contribution in [-0.4, -0.2) is 23.2 Å². The number of hydrogen-bond donors (Lipinski definition) is 1. The van der Waals surface area contributed by atoms with Gasteiger partial charge in [-0.25, -0.2) is 17.5 Å². The van der Waals surface area contributed by atoms with Crippen LogP contribution in [0, 0.1) is 5.82 Å². The lowest BCUT2D eigenvalue weighted by atomic mass is 10.2. The van der Waals surface area contributed by atoms with Crippen molar-refractivity contribution in [1.29, 1.82) is 0 Å². The highest BCUT2D eigenvalue weighted by molar-refractivity contribution is 7.98. The Morgan fingerprint density at radius 2 is 1.54 bits per heavy atom. The van der Waals surface area contributed by atoms with E-state index < -0.39 is 10.0 Å². The summed E-state index contributed by atoms with van der Waals surface area (Å²) in [5.41, 5.74) is 1.33. The van der Waals surface area contributed by atoms with Gasteiger partial charge in [-0.3, -0.25) is 4.57 Å². The molecular weight excluding hydrogens is 577 g/mol. The molecule has 1 N–H and O–H groups in total. The van der Waals surface area contributed by atoms with Crippen molar-refractivity contribution in [1.82, 2.24) is 19.5 Å². The lowest BCUT2D eigenvalue weighted by molar-refractivity contribution is 0.578. The zero-order valence-electron chi connectivity index (χ0n) is 17.6. The largest absolute Gasteiger partial charge is 0.271 e. The second-order valence-corrected chi connectivity index (χ2v) is 11.5. The standard InChI is InChI=1S/C22H15Cl4FN4O2S2/c23-14-3-7-17(25)19(9-14)31-21(11-28-35(32,33)20-10-15(24)4-8-18(20)26)29-30-22(31)34-12-13-1-5-16(27)6-2-13/h1-10,28H,11-12H2. The Morgan fingerprint density at radius 1 is 0.886 bits per heavy atom. The van der Waals surface area contributed by atoms with Gasteiger partial charge in [0, 0.05) is 15.8 Å². The predicted molar refractivity (Wildman–Crippen MR) is 138 cm³/mol. The highest BCUT2D eigenvalue weighted by Crippen LogP contribution is 2.31. The number of nitrogens with zero attached hydrogens (tertiary/aromatic N) is 3. The summed E-state index contributed by atoms with van der Waals surface area (Å²) in [7, 11) is -4.03. The van der Waals surface area contributed by atoms with E-state index in [9.17, 15) is 12.8 Å². The number of benzene rings is 3. The van der Waals surface area contributed by atoms with Crippen molar-refractivity contribution < 1.29 is 12.8 Å². The molecule has 0 aliphatic carbocycles. The number of nitrogens with one attached hydrogen (secondary N) is 1. The molecule has 1 heterocycles. The fourth-order valence-electron chi connectivity index (χ4n) is 3.06. The van der Waals surface area contributed by atoms with Crippen LogP contribution >= 0.6 is 58.2 Å². The quantitative estimate of drug-likeness (QED) is 0.228. The van der Waals surface area contributed by atoms with Crippen molar-refractivity contribution in [3.8, 4) is 5.69 Å². The second kappa shape index (κ2) is 11.0. The first-order valence-corrected chi connectivity index (χ1v) is 13.8. The van der Waals surface area contributed by atoms with Gasteiger partial charge < -0.3 is 0 Å². The van der Waals surface area contributed by atoms with Crippen molar-refractivity contribution in [2.24, 2.45) is 0 Å². The molecule has 0 spiro atoms. The first kappa shape index (κ1) is 26.2. The van der Waals surface area contributed by atoms with Gasteiger partial charge in [0.15, 0.2) is 11.0 Å². The third kappa shape index (κ3) is 6.29. The second-order valence-electron chi connectivity index (χ2n) is 7.14. The molecule has 0 saturated carbocycles. The molecule has 0 saturated heterocycles. The minimum atomic E-state index is -4.03. The van der Waals surface area contributed by atoms with Crippen molar-refractivity contribution >= 4 is 68.2 Å². The van der Waals surface area contributed by atoms with Crippen LogP contribution in [0.3, 0.4) is 0 Å². The zero-order chi connectivity index (χ0) is 25.2. The van der Waals surface area contributed by atoms with E-state index >= 15 is 0 Å². The van der Waals surface area contributed by atoms with Gasteiger partial charge in [0.1, 0.15) is 10.7 Å². The number of halogens is 5. The van der Waals surface area contributed by atoms with Crippen LogP contribution in [0.4, 0.5) is 4.39 Å². The molecule has 4 rings (SSSR count). The molecule has 0 unspecified atom stereocenters. The molecule has 35 heavy (non-hydrogen) atoms. The molecular formula is C22H15Cl4FN4O2S2. The van der Waals surface area contributed by atoms with Gasteiger partial charge in [0.25, 0.3) is 0 Å². The predicted octanol–water partition coefficient (Wildman–Crippen LogP) is 6.79. The minimum Gasteiger partial charge on any atom is -0.271 e. The summed E-state index contributed by atoms with van der Waals surface area (Å²) in [4.78, 5) is -0.163. The van der Waals surface area contributed by atoms with Gasteiger partial charge in [-0.05, 0) is 54.1 Å². The monoisotopic (exact) mass is 590 g/mol. The third-order valence-corrected chi connectivity index (χ3v) is 8.41. The topological polar surface area (TPSA) is 76.9 Å². The van der Waals surface area contributed by atoms with E-state index in [1.807, 2.05) is 0 Å². The third-order valence-electron chi connectivity index (χ3n) is 4.73. The van der Waals surface area contributed by atoms with E-state index in [1.54, 1.807) is 34.9 Å². The fourth-order valence-corrected chi connectivity index (χ4v) is 6.08. The molecule has 182 valence electrons. The van der Waals surface area contributed by atoms with E-state index in [2.05, 4.69) is 14.9 Å². The summed E-state index contributed by atoms with van der Waals surface area (Å²) in [6, 6.07) is 15.1. The van der Waals surface area contributed by atoms with Crippen LogP contribution in [0.2, 0.25) is 20.1 Å². The Kier molecular flexibility index (Phi) is 8.27. The fraction of sp³-hybridized carbons (Fsp3) is 0.0909. The minimum absolute atomic E-state index is 0.0248. The SMILES string of the molecule is O=S(=O)(NCc1nnc(SCc2ccc(F)cc2)n1-c1cc(Cl)ccc1Cl)c1cc(Cl)ccc1Cl. The summed E-state index contributed by atoms with van der Waals surface area (Å²) in [5, 5.41) is 9.86. The molecule has 4 aromatic rings. The normalized spacial score (nSPS) is 11.7. The van der Waals surface area contributed by atoms with E-state index in [0.29, 0.717) is 26.6 Å². The molecule has 13 heteroatoms. The average Bonchev–Trinajstić information content (AvgIpc) is 3.23. The van der Waals surface area contributed by atoms with Gasteiger partial charge in [-0.1, -0.05) is 70.3 Å². The van der Waals surface area contributed by atoms with Crippen LogP contribution in [0.15, 0.2) is 70.7 Å². The van der Waals surface area contributed by atoms with Crippen molar-refractivity contribution in [2.75, 3.05) is 0 Å². The van der Waals surface area contributed by atoms with Crippen molar-refractivity contribution in [3.63, 3.8) is 0 Å². The van der Waals surface area contributed by atoms with E-state index in [1.165, 1.54) is 42.1 Å². The Bertz CT molecular complexity index is 1480. The molecule has 0 amide bonds.